The molecule has 0 aliphatic carbocycles. The maximum Gasteiger partial charge on any atom is 0.0921 e. The van der Waals surface area contributed by atoms with E-state index in [-0.39, 0.29) is 0 Å². The minimum Gasteiger partial charge on any atom is -0.385 e. The van der Waals surface area contributed by atoms with Gasteiger partial charge in [-0.2, -0.15) is 0 Å². The highest BCUT2D eigenvalue weighted by atomic mass is 14.9. The highest BCUT2D eigenvalue weighted by Gasteiger charge is 1.93. The fourth-order valence-corrected chi connectivity index (χ4v) is 1.23. The first-order valence-corrected chi connectivity index (χ1v) is 4.56. The molecule has 0 spiro atoms. The number of hydrogen-bond donors (Lipinski definition) is 2. The van der Waals surface area contributed by atoms with Gasteiger partial charge in [-0.1, -0.05) is 0 Å². The molecule has 4 heteroatoms. The molecule has 2 aromatic rings. The summed E-state index contributed by atoms with van der Waals surface area (Å²) in [6.45, 7) is 0.895. The van der Waals surface area contributed by atoms with E-state index in [0.29, 0.717) is 0 Å². The molecule has 0 aliphatic heterocycles. The van der Waals surface area contributed by atoms with Gasteiger partial charge in [0.25, 0.3) is 0 Å². The van der Waals surface area contributed by atoms with Crippen molar-refractivity contribution in [3.8, 4) is 0 Å². The number of anilines is 1. The van der Waals surface area contributed by atoms with Gasteiger partial charge < -0.3 is 10.3 Å². The van der Waals surface area contributed by atoms with E-state index in [4.69, 9.17) is 0 Å². The lowest BCUT2D eigenvalue weighted by Crippen LogP contribution is -2.04. The van der Waals surface area contributed by atoms with Crippen molar-refractivity contribution in [1.29, 1.82) is 0 Å². The molecule has 0 atom stereocenters. The van der Waals surface area contributed by atoms with E-state index in [1.165, 1.54) is 0 Å². The predicted molar refractivity (Wildman–Crippen MR) is 55.0 cm³/mol. The molecule has 0 saturated carbocycles. The van der Waals surface area contributed by atoms with Crippen LogP contribution in [0.5, 0.6) is 0 Å². The van der Waals surface area contributed by atoms with Gasteiger partial charge in [0.15, 0.2) is 0 Å². The van der Waals surface area contributed by atoms with Crippen molar-refractivity contribution in [3.05, 3.63) is 42.7 Å². The SMILES string of the molecule is c1cc(NCCc2cnc[nH]2)ccn1. The Kier molecular flexibility index (Phi) is 2.76. The highest BCUT2D eigenvalue weighted by Crippen LogP contribution is 2.03. The molecule has 2 heterocycles. The summed E-state index contributed by atoms with van der Waals surface area (Å²) in [5, 5.41) is 3.30. The van der Waals surface area contributed by atoms with E-state index in [9.17, 15) is 0 Å². The number of H-pyrrole nitrogens is 1. The van der Waals surface area contributed by atoms with Crippen molar-refractivity contribution < 1.29 is 0 Å². The summed E-state index contributed by atoms with van der Waals surface area (Å²) in [5.41, 5.74) is 2.24. The van der Waals surface area contributed by atoms with Gasteiger partial charge in [0, 0.05) is 42.9 Å². The molecule has 0 unspecified atom stereocenters. The third kappa shape index (κ3) is 2.32. The van der Waals surface area contributed by atoms with Crippen LogP contribution < -0.4 is 5.32 Å². The third-order valence-corrected chi connectivity index (χ3v) is 1.96. The molecule has 2 aromatic heterocycles. The molecule has 0 aromatic carbocycles. The van der Waals surface area contributed by atoms with Gasteiger partial charge in [-0.15, -0.1) is 0 Å². The molecule has 0 aliphatic rings. The van der Waals surface area contributed by atoms with Crippen molar-refractivity contribution in [2.45, 2.75) is 6.42 Å². The molecule has 72 valence electrons. The van der Waals surface area contributed by atoms with Crippen LogP contribution in [0.25, 0.3) is 0 Å². The normalized spacial score (nSPS) is 10.0. The Labute approximate surface area is 82.4 Å². The fraction of sp³-hybridized carbons (Fsp3) is 0.200. The van der Waals surface area contributed by atoms with Crippen LogP contribution in [0.4, 0.5) is 5.69 Å². The predicted octanol–water partition coefficient (Wildman–Crippen LogP) is 1.46. The molecular weight excluding hydrogens is 176 g/mol. The zero-order chi connectivity index (χ0) is 9.64. The summed E-state index contributed by atoms with van der Waals surface area (Å²) in [6.07, 6.45) is 8.04. The second-order valence-corrected chi connectivity index (χ2v) is 2.99. The number of aromatic nitrogens is 3. The third-order valence-electron chi connectivity index (χ3n) is 1.96. The smallest absolute Gasteiger partial charge is 0.0921 e. The monoisotopic (exact) mass is 188 g/mol. The number of aromatic amines is 1. The van der Waals surface area contributed by atoms with Crippen LogP contribution in [-0.4, -0.2) is 21.5 Å². The molecule has 0 saturated heterocycles. The number of nitrogens with zero attached hydrogens (tertiary/aromatic N) is 2. The van der Waals surface area contributed by atoms with Gasteiger partial charge in [-0.3, -0.25) is 4.98 Å². The zero-order valence-corrected chi connectivity index (χ0v) is 7.77. The van der Waals surface area contributed by atoms with Gasteiger partial charge in [-0.05, 0) is 12.1 Å². The van der Waals surface area contributed by atoms with Gasteiger partial charge in [0.2, 0.25) is 0 Å². The van der Waals surface area contributed by atoms with E-state index in [1.807, 2.05) is 18.3 Å². The van der Waals surface area contributed by atoms with E-state index < -0.39 is 0 Å². The fourth-order valence-electron chi connectivity index (χ4n) is 1.23. The first-order chi connectivity index (χ1) is 6.95. The number of hydrogen-bond acceptors (Lipinski definition) is 3. The van der Waals surface area contributed by atoms with Crippen LogP contribution in [0.15, 0.2) is 37.1 Å². The van der Waals surface area contributed by atoms with Crippen molar-refractivity contribution in [3.63, 3.8) is 0 Å². The maximum absolute atomic E-state index is 3.95. The molecule has 14 heavy (non-hydrogen) atoms. The number of rotatable bonds is 4. The van der Waals surface area contributed by atoms with Crippen LogP contribution in [0.3, 0.4) is 0 Å². The van der Waals surface area contributed by atoms with E-state index in [0.717, 1.165) is 24.3 Å². The quantitative estimate of drug-likeness (QED) is 0.763. The Morgan fingerprint density at radius 3 is 2.79 bits per heavy atom. The van der Waals surface area contributed by atoms with Crippen molar-refractivity contribution in [1.82, 2.24) is 15.0 Å². The van der Waals surface area contributed by atoms with E-state index >= 15 is 0 Å². The lowest BCUT2D eigenvalue weighted by molar-refractivity contribution is 0.976. The molecule has 2 N–H and O–H groups in total. The van der Waals surface area contributed by atoms with Crippen LogP contribution >= 0.6 is 0 Å². The highest BCUT2D eigenvalue weighted by molar-refractivity contribution is 5.40. The molecule has 2 rings (SSSR count). The first-order valence-electron chi connectivity index (χ1n) is 4.56. The minimum atomic E-state index is 0.895. The summed E-state index contributed by atoms with van der Waals surface area (Å²) in [4.78, 5) is 11.0. The molecule has 4 nitrogen and oxygen atoms in total. The lowest BCUT2D eigenvalue weighted by Gasteiger charge is -2.03. The van der Waals surface area contributed by atoms with Crippen LogP contribution in [0, 0.1) is 0 Å². The zero-order valence-electron chi connectivity index (χ0n) is 7.77. The summed E-state index contributed by atoms with van der Waals surface area (Å²) in [7, 11) is 0. The molecule has 0 bridgehead atoms. The summed E-state index contributed by atoms with van der Waals surface area (Å²) in [5.74, 6) is 0. The first kappa shape index (κ1) is 8.74. The van der Waals surface area contributed by atoms with Crippen LogP contribution in [0.2, 0.25) is 0 Å². The number of pyridine rings is 1. The van der Waals surface area contributed by atoms with E-state index in [2.05, 4.69) is 20.3 Å². The van der Waals surface area contributed by atoms with Crippen molar-refractivity contribution >= 4 is 5.69 Å². The average molecular weight is 188 g/mol. The molecule has 0 fully saturated rings. The molecular formula is C10H12N4. The molecule has 0 radical (unpaired) electrons. The van der Waals surface area contributed by atoms with Crippen LogP contribution in [-0.2, 0) is 6.42 Å². The van der Waals surface area contributed by atoms with Gasteiger partial charge in [-0.25, -0.2) is 4.98 Å². The number of nitrogens with one attached hydrogen (secondary N) is 2. The number of imidazole rings is 1. The van der Waals surface area contributed by atoms with Crippen molar-refractivity contribution in [2.75, 3.05) is 11.9 Å². The summed E-state index contributed by atoms with van der Waals surface area (Å²) < 4.78 is 0. The second kappa shape index (κ2) is 4.41. The van der Waals surface area contributed by atoms with Gasteiger partial charge in [0.05, 0.1) is 6.33 Å². The minimum absolute atomic E-state index is 0.895. The van der Waals surface area contributed by atoms with Crippen molar-refractivity contribution in [2.24, 2.45) is 0 Å². The summed E-state index contributed by atoms with van der Waals surface area (Å²) in [6, 6.07) is 3.90. The topological polar surface area (TPSA) is 53.6 Å². The Morgan fingerprint density at radius 1 is 1.21 bits per heavy atom. The Bertz CT molecular complexity index is 355. The second-order valence-electron chi connectivity index (χ2n) is 2.99. The lowest BCUT2D eigenvalue weighted by atomic mass is 10.3. The Morgan fingerprint density at radius 2 is 2.07 bits per heavy atom. The van der Waals surface area contributed by atoms with E-state index in [1.54, 1.807) is 18.7 Å². The molecule has 0 amide bonds. The Balaban J connectivity index is 1.79. The largest absolute Gasteiger partial charge is 0.385 e. The standard InChI is InChI=1S/C10H12N4/c1-4-11-5-2-9(1)13-6-3-10-7-12-8-14-10/h1-2,4-5,7-8H,3,6H2,(H,11,13)(H,12,14). The van der Waals surface area contributed by atoms with Gasteiger partial charge >= 0.3 is 0 Å². The maximum atomic E-state index is 3.95. The van der Waals surface area contributed by atoms with Gasteiger partial charge in [0.1, 0.15) is 0 Å². The Hall–Kier alpha value is -1.84. The van der Waals surface area contributed by atoms with Crippen LogP contribution in [0.1, 0.15) is 5.69 Å². The summed E-state index contributed by atoms with van der Waals surface area (Å²) >= 11 is 0. The average Bonchev–Trinajstić information content (AvgIpc) is 2.72.